The van der Waals surface area contributed by atoms with Gasteiger partial charge in [-0.1, -0.05) is 70.2 Å². The number of rotatable bonds is 2. The van der Waals surface area contributed by atoms with Crippen molar-refractivity contribution in [3.05, 3.63) is 53.6 Å². The van der Waals surface area contributed by atoms with Gasteiger partial charge < -0.3 is 9.31 Å². The molecule has 0 spiro atoms. The van der Waals surface area contributed by atoms with E-state index in [1.165, 1.54) is 35.1 Å². The molecule has 29 heavy (non-hydrogen) atoms. The topological polar surface area (TPSA) is 18.5 Å². The second-order valence-corrected chi connectivity index (χ2v) is 11.2. The van der Waals surface area contributed by atoms with Gasteiger partial charge in [0, 0.05) is 0 Å². The third-order valence-electron chi connectivity index (χ3n) is 7.60. The van der Waals surface area contributed by atoms with Crippen LogP contribution in [0.5, 0.6) is 0 Å². The van der Waals surface area contributed by atoms with E-state index in [2.05, 4.69) is 97.9 Å². The van der Waals surface area contributed by atoms with Crippen molar-refractivity contribution >= 4 is 12.6 Å². The zero-order chi connectivity index (χ0) is 21.2. The van der Waals surface area contributed by atoms with Crippen LogP contribution in [0.15, 0.2) is 42.5 Å². The van der Waals surface area contributed by atoms with Gasteiger partial charge in [0.1, 0.15) is 0 Å². The molecule has 0 aromatic heterocycles. The first-order chi connectivity index (χ1) is 13.3. The Morgan fingerprint density at radius 1 is 0.655 bits per heavy atom. The van der Waals surface area contributed by atoms with Gasteiger partial charge in [-0.05, 0) is 79.1 Å². The minimum absolute atomic E-state index is 0.212. The second kappa shape index (κ2) is 6.46. The molecule has 3 heteroatoms. The maximum Gasteiger partial charge on any atom is 0.494 e. The summed E-state index contributed by atoms with van der Waals surface area (Å²) in [6.45, 7) is 17.9. The summed E-state index contributed by atoms with van der Waals surface area (Å²) in [5.74, 6) is 0. The van der Waals surface area contributed by atoms with Crippen LogP contribution >= 0.6 is 0 Å². The van der Waals surface area contributed by atoms with Crippen LogP contribution in [0.2, 0.25) is 0 Å². The van der Waals surface area contributed by atoms with E-state index in [-0.39, 0.29) is 29.2 Å². The lowest BCUT2D eigenvalue weighted by Crippen LogP contribution is -2.41. The molecule has 0 atom stereocenters. The molecule has 2 aliphatic rings. The average Bonchev–Trinajstić information content (AvgIpc) is 2.86. The zero-order valence-electron chi connectivity index (χ0n) is 19.3. The predicted octanol–water partition coefficient (Wildman–Crippen LogP) is 6.00. The van der Waals surface area contributed by atoms with Gasteiger partial charge in [0.2, 0.25) is 0 Å². The Morgan fingerprint density at radius 3 is 1.83 bits per heavy atom. The molecule has 0 radical (unpaired) electrons. The molecule has 0 unspecified atom stereocenters. The van der Waals surface area contributed by atoms with Crippen LogP contribution in [0.1, 0.15) is 79.4 Å². The minimum atomic E-state index is -0.326. The number of fused-ring (bicyclic) bond motifs is 1. The summed E-state index contributed by atoms with van der Waals surface area (Å²) in [6, 6.07) is 15.7. The SMILES string of the molecule is CC1(C)CCC(C)(C)c2cc(-c3cccc(B4OC(C)(C)C(C)(C)O4)c3)ccc21. The van der Waals surface area contributed by atoms with E-state index < -0.39 is 0 Å². The summed E-state index contributed by atoms with van der Waals surface area (Å²) in [4.78, 5) is 0. The molecule has 154 valence electrons. The fourth-order valence-electron chi connectivity index (χ4n) is 4.61. The van der Waals surface area contributed by atoms with Crippen LogP contribution in [-0.4, -0.2) is 18.3 Å². The largest absolute Gasteiger partial charge is 0.494 e. The van der Waals surface area contributed by atoms with Crippen LogP contribution in [0, 0.1) is 0 Å². The molecule has 0 N–H and O–H groups in total. The van der Waals surface area contributed by atoms with Gasteiger partial charge in [-0.25, -0.2) is 0 Å². The molecule has 1 heterocycles. The highest BCUT2D eigenvalue weighted by Gasteiger charge is 2.51. The van der Waals surface area contributed by atoms with E-state index in [9.17, 15) is 0 Å². The smallest absolute Gasteiger partial charge is 0.399 e. The van der Waals surface area contributed by atoms with Gasteiger partial charge in [-0.3, -0.25) is 0 Å². The quantitative estimate of drug-likeness (QED) is 0.586. The molecule has 1 fully saturated rings. The third-order valence-corrected chi connectivity index (χ3v) is 7.60. The van der Waals surface area contributed by atoms with Crippen molar-refractivity contribution in [1.29, 1.82) is 0 Å². The van der Waals surface area contributed by atoms with Crippen LogP contribution < -0.4 is 5.46 Å². The number of benzene rings is 2. The Labute approximate surface area is 177 Å². The van der Waals surface area contributed by atoms with E-state index in [1.807, 2.05) is 0 Å². The maximum absolute atomic E-state index is 6.27. The molecule has 1 aliphatic carbocycles. The molecule has 2 aromatic carbocycles. The normalized spacial score (nSPS) is 23.7. The zero-order valence-corrected chi connectivity index (χ0v) is 19.3. The van der Waals surface area contributed by atoms with Gasteiger partial charge in [0.25, 0.3) is 0 Å². The highest BCUT2D eigenvalue weighted by molar-refractivity contribution is 6.62. The molecule has 0 bridgehead atoms. The van der Waals surface area contributed by atoms with Crippen molar-refractivity contribution in [3.8, 4) is 11.1 Å². The van der Waals surface area contributed by atoms with Crippen molar-refractivity contribution < 1.29 is 9.31 Å². The number of hydrogen-bond acceptors (Lipinski definition) is 2. The van der Waals surface area contributed by atoms with Gasteiger partial charge in [-0.2, -0.15) is 0 Å². The Bertz CT molecular complexity index is 923. The monoisotopic (exact) mass is 390 g/mol. The molecular formula is C26H35BO2. The summed E-state index contributed by atoms with van der Waals surface area (Å²) >= 11 is 0. The highest BCUT2D eigenvalue weighted by Crippen LogP contribution is 2.46. The molecule has 1 saturated heterocycles. The lowest BCUT2D eigenvalue weighted by Gasteiger charge is -2.42. The molecular weight excluding hydrogens is 355 g/mol. The Balaban J connectivity index is 1.72. The predicted molar refractivity (Wildman–Crippen MR) is 123 cm³/mol. The minimum Gasteiger partial charge on any atom is -0.399 e. The highest BCUT2D eigenvalue weighted by atomic mass is 16.7. The van der Waals surface area contributed by atoms with Gasteiger partial charge >= 0.3 is 7.12 Å². The lowest BCUT2D eigenvalue weighted by molar-refractivity contribution is 0.00578. The van der Waals surface area contributed by atoms with Crippen LogP contribution in [0.3, 0.4) is 0 Å². The maximum atomic E-state index is 6.27. The van der Waals surface area contributed by atoms with Crippen molar-refractivity contribution in [1.82, 2.24) is 0 Å². The lowest BCUT2D eigenvalue weighted by atomic mass is 9.63. The standard InChI is InChI=1S/C26H35BO2/c1-23(2)14-15-24(3,4)22-17-19(12-13-21(22)23)18-10-9-11-20(16-18)27-28-25(5,6)26(7,8)29-27/h9-13,16-17H,14-15H2,1-8H3. The fourth-order valence-corrected chi connectivity index (χ4v) is 4.61. The first kappa shape index (κ1) is 20.7. The van der Waals surface area contributed by atoms with Crippen molar-refractivity contribution in [3.63, 3.8) is 0 Å². The Morgan fingerprint density at radius 2 is 1.21 bits per heavy atom. The molecule has 4 rings (SSSR count). The summed E-state index contributed by atoms with van der Waals surface area (Å²) in [5.41, 5.74) is 6.37. The second-order valence-electron chi connectivity index (χ2n) is 11.2. The van der Waals surface area contributed by atoms with Crippen LogP contribution in [0.25, 0.3) is 11.1 Å². The third kappa shape index (κ3) is 3.47. The van der Waals surface area contributed by atoms with E-state index in [1.54, 1.807) is 0 Å². The summed E-state index contributed by atoms with van der Waals surface area (Å²) in [5, 5.41) is 0. The summed E-state index contributed by atoms with van der Waals surface area (Å²) in [6.07, 6.45) is 2.47. The van der Waals surface area contributed by atoms with Crippen LogP contribution in [0.4, 0.5) is 0 Å². The average molecular weight is 390 g/mol. The fraction of sp³-hybridized carbons (Fsp3) is 0.538. The van der Waals surface area contributed by atoms with Crippen molar-refractivity contribution in [2.24, 2.45) is 0 Å². The first-order valence-corrected chi connectivity index (χ1v) is 10.9. The molecule has 1 aliphatic heterocycles. The van der Waals surface area contributed by atoms with E-state index in [0.717, 1.165) is 5.46 Å². The van der Waals surface area contributed by atoms with E-state index >= 15 is 0 Å². The van der Waals surface area contributed by atoms with Gasteiger partial charge in [0.05, 0.1) is 11.2 Å². The Hall–Kier alpha value is -1.58. The molecule has 2 aromatic rings. The Kier molecular flexibility index (Phi) is 4.61. The van der Waals surface area contributed by atoms with Gasteiger partial charge in [0.15, 0.2) is 0 Å². The number of hydrogen-bond donors (Lipinski definition) is 0. The van der Waals surface area contributed by atoms with Crippen LogP contribution in [-0.2, 0) is 20.1 Å². The van der Waals surface area contributed by atoms with Gasteiger partial charge in [-0.15, -0.1) is 0 Å². The summed E-state index contributed by atoms with van der Waals surface area (Å²) < 4.78 is 12.5. The van der Waals surface area contributed by atoms with Crippen molar-refractivity contribution in [2.45, 2.75) is 90.3 Å². The molecule has 2 nitrogen and oxygen atoms in total. The molecule has 0 amide bonds. The van der Waals surface area contributed by atoms with E-state index in [0.29, 0.717) is 0 Å². The first-order valence-electron chi connectivity index (χ1n) is 10.9. The summed E-state index contributed by atoms with van der Waals surface area (Å²) in [7, 11) is -0.326. The van der Waals surface area contributed by atoms with E-state index in [4.69, 9.17) is 9.31 Å². The van der Waals surface area contributed by atoms with Crippen molar-refractivity contribution in [2.75, 3.05) is 0 Å². The molecule has 0 saturated carbocycles.